The molecule has 0 saturated heterocycles. The number of benzene rings is 2. The van der Waals surface area contributed by atoms with Crippen LogP contribution in [0.3, 0.4) is 0 Å². The molecule has 3 atom stereocenters. The molecule has 9 nitrogen and oxygen atoms in total. The first-order chi connectivity index (χ1) is 24.5. The highest BCUT2D eigenvalue weighted by Gasteiger charge is 2.47. The lowest BCUT2D eigenvalue weighted by molar-refractivity contribution is -0.123. The Kier molecular flexibility index (Phi) is 8.87. The van der Waals surface area contributed by atoms with E-state index in [1.54, 1.807) is 50.4 Å². The Labute approximate surface area is 298 Å². The van der Waals surface area contributed by atoms with E-state index in [4.69, 9.17) is 36.8 Å². The Morgan fingerprint density at radius 3 is 2.55 bits per heavy atom. The van der Waals surface area contributed by atoms with Crippen molar-refractivity contribution in [3.63, 3.8) is 0 Å². The van der Waals surface area contributed by atoms with Crippen LogP contribution in [0.5, 0.6) is 5.75 Å². The fourth-order valence-electron chi connectivity index (χ4n) is 6.89. The first-order valence-corrected chi connectivity index (χ1v) is 17.1. The van der Waals surface area contributed by atoms with Gasteiger partial charge >= 0.3 is 0 Å². The van der Waals surface area contributed by atoms with Gasteiger partial charge in [-0.1, -0.05) is 54.1 Å². The van der Waals surface area contributed by atoms with E-state index in [1.807, 2.05) is 6.08 Å². The molecule has 2 aliphatic carbocycles. The molecule has 3 N–H and O–H groups in total. The first kappa shape index (κ1) is 34.3. The monoisotopic (exact) mass is 712 g/mol. The molecule has 3 heterocycles. The molecule has 1 aromatic heterocycles. The Morgan fingerprint density at radius 1 is 1.12 bits per heavy atom. The van der Waals surface area contributed by atoms with Crippen LogP contribution in [0.2, 0.25) is 5.02 Å². The van der Waals surface area contributed by atoms with Crippen LogP contribution in [0.25, 0.3) is 11.3 Å². The van der Waals surface area contributed by atoms with Crippen LogP contribution < -0.4 is 15.8 Å². The summed E-state index contributed by atoms with van der Waals surface area (Å²) in [6.45, 7) is 1.10. The highest BCUT2D eigenvalue weighted by molar-refractivity contribution is 6.31. The second-order valence-corrected chi connectivity index (χ2v) is 13.9. The van der Waals surface area contributed by atoms with Crippen LogP contribution in [0.1, 0.15) is 49.4 Å². The zero-order chi connectivity index (χ0) is 36.1. The van der Waals surface area contributed by atoms with Crippen molar-refractivity contribution in [2.45, 2.75) is 43.4 Å². The van der Waals surface area contributed by atoms with Gasteiger partial charge in [0.2, 0.25) is 5.91 Å². The summed E-state index contributed by atoms with van der Waals surface area (Å²) in [4.78, 5) is 50.0. The van der Waals surface area contributed by atoms with E-state index in [9.17, 15) is 18.8 Å². The van der Waals surface area contributed by atoms with Gasteiger partial charge in [0.25, 0.3) is 5.91 Å². The zero-order valence-electron chi connectivity index (χ0n) is 28.0. The van der Waals surface area contributed by atoms with E-state index < -0.39 is 34.3 Å². The van der Waals surface area contributed by atoms with Crippen molar-refractivity contribution in [1.82, 2.24) is 10.3 Å². The van der Waals surface area contributed by atoms with Gasteiger partial charge in [-0.05, 0) is 56.4 Å². The van der Waals surface area contributed by atoms with Gasteiger partial charge in [0.1, 0.15) is 52.6 Å². The maximum Gasteiger partial charge on any atom is 0.251 e. The van der Waals surface area contributed by atoms with Gasteiger partial charge in [-0.15, -0.1) is 0 Å². The number of nitrogens with zero attached hydrogens (tertiary/aromatic N) is 2. The highest BCUT2D eigenvalue weighted by atomic mass is 35.5. The molecule has 0 bridgehead atoms. The second kappa shape index (κ2) is 13.2. The molecule has 0 radical (unpaired) electrons. The highest BCUT2D eigenvalue weighted by Crippen LogP contribution is 2.47. The molecule has 0 spiro atoms. The quantitative estimate of drug-likeness (QED) is 0.195. The van der Waals surface area contributed by atoms with Crippen LogP contribution in [0, 0.1) is 23.5 Å². The van der Waals surface area contributed by atoms with Crippen LogP contribution in [-0.2, 0) is 30.0 Å². The van der Waals surface area contributed by atoms with Crippen molar-refractivity contribution in [3.05, 3.63) is 117 Å². The Morgan fingerprint density at radius 2 is 1.86 bits per heavy atom. The third kappa shape index (κ3) is 6.03. The smallest absolute Gasteiger partial charge is 0.251 e. The molecule has 1 saturated carbocycles. The summed E-state index contributed by atoms with van der Waals surface area (Å²) < 4.78 is 41.4. The van der Waals surface area contributed by atoms with Gasteiger partial charge in [-0.3, -0.25) is 14.6 Å². The number of ether oxygens (including phenoxy) is 2. The molecular weight excluding hydrogens is 678 g/mol. The van der Waals surface area contributed by atoms with Gasteiger partial charge in [0, 0.05) is 46.8 Å². The van der Waals surface area contributed by atoms with E-state index in [2.05, 4.69) is 11.4 Å². The third-order valence-corrected chi connectivity index (χ3v) is 10.5. The van der Waals surface area contributed by atoms with Crippen molar-refractivity contribution >= 4 is 35.4 Å². The van der Waals surface area contributed by atoms with Gasteiger partial charge in [0.05, 0.1) is 23.5 Å². The number of fused-ring (bicyclic) bond motifs is 2. The number of nitrogens with two attached hydrogens (primary N) is 1. The van der Waals surface area contributed by atoms with E-state index in [1.165, 1.54) is 6.07 Å². The Bertz CT molecular complexity index is 2090. The number of hydrogen-bond acceptors (Lipinski definition) is 7. The fraction of sp³-hybridized carbons (Fsp3) is 0.308. The van der Waals surface area contributed by atoms with Gasteiger partial charge < -0.3 is 25.3 Å². The number of methoxy groups -OCH3 is 1. The number of aromatic nitrogens is 1. The maximum absolute atomic E-state index is 15.5. The molecule has 262 valence electrons. The van der Waals surface area contributed by atoms with Crippen LogP contribution in [0.4, 0.5) is 8.78 Å². The number of hydrogen-bond donors (Lipinski definition) is 2. The van der Waals surface area contributed by atoms with Gasteiger partial charge in [0.15, 0.2) is 0 Å². The van der Waals surface area contributed by atoms with Crippen molar-refractivity contribution < 1.29 is 32.6 Å². The number of aldehydes is 1. The van der Waals surface area contributed by atoms with Crippen LogP contribution >= 0.6 is 11.6 Å². The fourth-order valence-corrected chi connectivity index (χ4v) is 7.05. The summed E-state index contributed by atoms with van der Waals surface area (Å²) in [6, 6.07) is 11.8. The molecule has 2 amide bonds. The second-order valence-electron chi connectivity index (χ2n) is 13.5. The average Bonchev–Trinajstić information content (AvgIpc) is 3.95. The number of nitrogens with one attached hydrogen (secondary N) is 1. The molecule has 51 heavy (non-hydrogen) atoms. The summed E-state index contributed by atoms with van der Waals surface area (Å²) in [5.74, 6) is -2.08. The number of carbonyl (C=O) groups is 3. The molecule has 4 aliphatic rings. The average molecular weight is 713 g/mol. The molecule has 2 aromatic carbocycles. The summed E-state index contributed by atoms with van der Waals surface area (Å²) in [5.41, 5.74) is 5.47. The first-order valence-electron chi connectivity index (χ1n) is 16.7. The molecule has 12 heteroatoms. The van der Waals surface area contributed by atoms with Crippen LogP contribution in [0.15, 0.2) is 88.8 Å². The Hall–Kier alpha value is -5.16. The van der Waals surface area contributed by atoms with E-state index >= 15 is 4.39 Å². The minimum Gasteiger partial charge on any atom is -0.495 e. The zero-order valence-corrected chi connectivity index (χ0v) is 28.7. The van der Waals surface area contributed by atoms with E-state index in [0.717, 1.165) is 36.7 Å². The van der Waals surface area contributed by atoms with Gasteiger partial charge in [-0.25, -0.2) is 13.8 Å². The minimum absolute atomic E-state index is 0.0445. The third-order valence-electron chi connectivity index (χ3n) is 10.2. The number of pyridine rings is 1. The lowest BCUT2D eigenvalue weighted by Gasteiger charge is -2.30. The number of halogens is 3. The van der Waals surface area contributed by atoms with E-state index in [-0.39, 0.29) is 52.4 Å². The SMILES string of the molecule is COC1=CC(C(=O)NC[C@@](C=O)(c2ccccc2)c2cc3c(c(-c4cc(Cl)c(F)cc4F)n2)OC[C@]3(C)C(N)=O)=CCC2CC=C(C3CC3)N=C12. The standard InChI is InChI=1S/C39H35ClF2N4O5/c1-38(37(43)49)20-51-35-26(38)16-32(46-34(35)25-15-27(40)29(42)17-28(25)41)39(19-47,24-6-4-3-5-7-24)18-44-36(48)23-11-10-22-12-13-30(21-8-9-21)45-33(22)31(14-23)50-2/h3-7,11,13-17,19,21-22H,8-10,12,18,20H2,1-2H3,(H2,43,49)(H,44,48)/t22?,38-,39+/m0/s1. The van der Waals surface area contributed by atoms with Crippen molar-refractivity contribution in [2.24, 2.45) is 22.6 Å². The topological polar surface area (TPSA) is 133 Å². The predicted octanol–water partition coefficient (Wildman–Crippen LogP) is 6.03. The van der Waals surface area contributed by atoms with E-state index in [0.29, 0.717) is 41.6 Å². The summed E-state index contributed by atoms with van der Waals surface area (Å²) in [6.07, 6.45) is 9.92. The number of primary amides is 1. The number of aliphatic imine (C=N–C) groups is 1. The summed E-state index contributed by atoms with van der Waals surface area (Å²) >= 11 is 6.08. The molecule has 1 fully saturated rings. The largest absolute Gasteiger partial charge is 0.495 e. The summed E-state index contributed by atoms with van der Waals surface area (Å²) in [5, 5.41) is 2.56. The lowest BCUT2D eigenvalue weighted by atomic mass is 9.75. The van der Waals surface area contributed by atoms with Crippen LogP contribution in [-0.4, -0.2) is 49.1 Å². The molecular formula is C39H35ClF2N4O5. The normalized spacial score (nSPS) is 22.0. The number of carbonyl (C=O) groups excluding carboxylic acids is 3. The summed E-state index contributed by atoms with van der Waals surface area (Å²) in [7, 11) is 1.55. The number of allylic oxidation sites excluding steroid dienone is 4. The predicted molar refractivity (Wildman–Crippen MR) is 187 cm³/mol. The molecule has 2 aliphatic heterocycles. The molecule has 1 unspecified atom stereocenters. The molecule has 7 rings (SSSR count). The lowest BCUT2D eigenvalue weighted by Crippen LogP contribution is -2.44. The van der Waals surface area contributed by atoms with Crippen molar-refractivity contribution in [2.75, 3.05) is 20.3 Å². The maximum atomic E-state index is 15.5. The number of rotatable bonds is 10. The molecule has 3 aromatic rings. The van der Waals surface area contributed by atoms with Crippen molar-refractivity contribution in [1.29, 1.82) is 0 Å². The van der Waals surface area contributed by atoms with Crippen molar-refractivity contribution in [3.8, 4) is 17.0 Å². The Balaban J connectivity index is 1.31. The minimum atomic E-state index is -1.66. The van der Waals surface area contributed by atoms with Gasteiger partial charge in [-0.2, -0.15) is 0 Å². The number of amides is 2.